The number of hydrogen-bond acceptors (Lipinski definition) is 6. The molecule has 224 valence electrons. The lowest BCUT2D eigenvalue weighted by atomic mass is 10.0. The fourth-order valence-corrected chi connectivity index (χ4v) is 5.91. The SMILES string of the molecule is CCNC(=O)[C@H](Cc1ccccc1)N(Cc1ccc(Cl)cc1)C(=O)CCCN(c1ccc2c(c1)OCCO2)S(C)(=O)=O. The molecule has 0 unspecified atom stereocenters. The van der Waals surface area contributed by atoms with Crippen LogP contribution < -0.4 is 19.1 Å². The molecule has 0 radical (unpaired) electrons. The van der Waals surface area contributed by atoms with E-state index in [1.807, 2.05) is 49.4 Å². The standard InChI is InChI=1S/C31H36ClN3O6S/c1-3-33-31(37)27(20-23-8-5-4-6-9-23)34(22-24-11-13-25(32)14-12-24)30(36)10-7-17-35(42(2,38)39)26-15-16-28-29(21-26)41-19-18-40-28/h4-6,8-9,11-16,21,27H,3,7,10,17-20,22H2,1-2H3,(H,33,37)/t27-/m0/s1. The maximum atomic E-state index is 13.8. The van der Waals surface area contributed by atoms with E-state index in [1.54, 1.807) is 35.2 Å². The van der Waals surface area contributed by atoms with Crippen LogP contribution in [0, 0.1) is 0 Å². The Kier molecular flexibility index (Phi) is 10.7. The van der Waals surface area contributed by atoms with E-state index in [0.29, 0.717) is 48.4 Å². The predicted molar refractivity (Wildman–Crippen MR) is 163 cm³/mol. The van der Waals surface area contributed by atoms with Gasteiger partial charge in [0.1, 0.15) is 19.3 Å². The summed E-state index contributed by atoms with van der Waals surface area (Å²) in [7, 11) is -3.66. The second-order valence-electron chi connectivity index (χ2n) is 10.0. The maximum absolute atomic E-state index is 13.8. The minimum absolute atomic E-state index is 0.0366. The van der Waals surface area contributed by atoms with Gasteiger partial charge in [-0.1, -0.05) is 54.1 Å². The molecule has 0 aliphatic carbocycles. The molecule has 2 amide bonds. The number of carbonyl (C=O) groups excluding carboxylic acids is 2. The van der Waals surface area contributed by atoms with Gasteiger partial charge in [-0.2, -0.15) is 0 Å². The summed E-state index contributed by atoms with van der Waals surface area (Å²) in [6.45, 7) is 3.33. The number of halogens is 1. The first-order valence-electron chi connectivity index (χ1n) is 13.9. The highest BCUT2D eigenvalue weighted by Gasteiger charge is 2.30. The molecule has 3 aromatic carbocycles. The Hall–Kier alpha value is -3.76. The lowest BCUT2D eigenvalue weighted by Gasteiger charge is -2.32. The molecular weight excluding hydrogens is 578 g/mol. The van der Waals surface area contributed by atoms with E-state index >= 15 is 0 Å². The van der Waals surface area contributed by atoms with Crippen LogP contribution in [0.15, 0.2) is 72.8 Å². The van der Waals surface area contributed by atoms with Gasteiger partial charge in [0.25, 0.3) is 0 Å². The summed E-state index contributed by atoms with van der Waals surface area (Å²) < 4.78 is 37.9. The van der Waals surface area contributed by atoms with E-state index in [0.717, 1.165) is 17.4 Å². The third-order valence-corrected chi connectivity index (χ3v) is 8.30. The van der Waals surface area contributed by atoms with Crippen molar-refractivity contribution < 1.29 is 27.5 Å². The molecule has 9 nitrogen and oxygen atoms in total. The summed E-state index contributed by atoms with van der Waals surface area (Å²) in [6, 6.07) is 20.9. The summed E-state index contributed by atoms with van der Waals surface area (Å²) in [4.78, 5) is 28.7. The fourth-order valence-electron chi connectivity index (χ4n) is 4.82. The van der Waals surface area contributed by atoms with Gasteiger partial charge in [-0.25, -0.2) is 8.42 Å². The van der Waals surface area contributed by atoms with Gasteiger partial charge < -0.3 is 19.7 Å². The summed E-state index contributed by atoms with van der Waals surface area (Å²) in [5.41, 5.74) is 2.17. The average Bonchev–Trinajstić information content (AvgIpc) is 2.97. The molecule has 1 atom stereocenters. The van der Waals surface area contributed by atoms with Crippen molar-refractivity contribution in [3.8, 4) is 11.5 Å². The molecule has 42 heavy (non-hydrogen) atoms. The van der Waals surface area contributed by atoms with Gasteiger partial charge >= 0.3 is 0 Å². The number of likely N-dealkylation sites (N-methyl/N-ethyl adjacent to an activating group) is 1. The van der Waals surface area contributed by atoms with E-state index in [4.69, 9.17) is 21.1 Å². The van der Waals surface area contributed by atoms with E-state index in [2.05, 4.69) is 5.32 Å². The molecule has 0 spiro atoms. The van der Waals surface area contributed by atoms with Crippen molar-refractivity contribution >= 4 is 39.1 Å². The van der Waals surface area contributed by atoms with Crippen LogP contribution in [0.1, 0.15) is 30.9 Å². The third kappa shape index (κ3) is 8.39. The summed E-state index contributed by atoms with van der Waals surface area (Å²) in [5.74, 6) is 0.523. The summed E-state index contributed by atoms with van der Waals surface area (Å²) in [6.07, 6.45) is 1.74. The van der Waals surface area contributed by atoms with E-state index in [9.17, 15) is 18.0 Å². The molecular formula is C31H36ClN3O6S. The molecule has 1 aliphatic heterocycles. The molecule has 0 bridgehead atoms. The molecule has 4 rings (SSSR count). The number of nitrogens with zero attached hydrogens (tertiary/aromatic N) is 2. The Balaban J connectivity index is 1.55. The number of ether oxygens (including phenoxy) is 2. The minimum Gasteiger partial charge on any atom is -0.486 e. The average molecular weight is 614 g/mol. The number of sulfonamides is 1. The number of hydrogen-bond donors (Lipinski definition) is 1. The topological polar surface area (TPSA) is 105 Å². The van der Waals surface area contributed by atoms with Crippen molar-refractivity contribution in [2.45, 2.75) is 38.8 Å². The minimum atomic E-state index is -3.66. The zero-order chi connectivity index (χ0) is 30.1. The van der Waals surface area contributed by atoms with Crippen molar-refractivity contribution in [3.63, 3.8) is 0 Å². The number of fused-ring (bicyclic) bond motifs is 1. The highest BCUT2D eigenvalue weighted by molar-refractivity contribution is 7.92. The van der Waals surface area contributed by atoms with Crippen LogP contribution in [-0.4, -0.2) is 63.7 Å². The van der Waals surface area contributed by atoms with Crippen LogP contribution in [0.2, 0.25) is 5.02 Å². The third-order valence-electron chi connectivity index (χ3n) is 6.85. The van der Waals surface area contributed by atoms with Crippen LogP contribution in [0.25, 0.3) is 0 Å². The van der Waals surface area contributed by atoms with Crippen molar-refractivity contribution in [2.75, 3.05) is 36.9 Å². The van der Waals surface area contributed by atoms with Gasteiger partial charge in [0.15, 0.2) is 11.5 Å². The van der Waals surface area contributed by atoms with Crippen molar-refractivity contribution in [1.82, 2.24) is 10.2 Å². The molecule has 0 saturated carbocycles. The maximum Gasteiger partial charge on any atom is 0.243 e. The van der Waals surface area contributed by atoms with Crippen LogP contribution in [0.3, 0.4) is 0 Å². The first-order chi connectivity index (χ1) is 20.2. The monoisotopic (exact) mass is 613 g/mol. The zero-order valence-electron chi connectivity index (χ0n) is 23.8. The number of amides is 2. The first kappa shape index (κ1) is 31.2. The first-order valence-corrected chi connectivity index (χ1v) is 16.1. The van der Waals surface area contributed by atoms with Crippen molar-refractivity contribution in [1.29, 1.82) is 0 Å². The van der Waals surface area contributed by atoms with Gasteiger partial charge in [-0.3, -0.25) is 13.9 Å². The van der Waals surface area contributed by atoms with Gasteiger partial charge in [-0.15, -0.1) is 0 Å². The smallest absolute Gasteiger partial charge is 0.243 e. The highest BCUT2D eigenvalue weighted by Crippen LogP contribution is 2.34. The van der Waals surface area contributed by atoms with Gasteiger partial charge in [0.05, 0.1) is 11.9 Å². The second-order valence-corrected chi connectivity index (χ2v) is 12.4. The van der Waals surface area contributed by atoms with Crippen LogP contribution in [-0.2, 0) is 32.6 Å². The Bertz CT molecular complexity index is 1470. The zero-order valence-corrected chi connectivity index (χ0v) is 25.4. The van der Waals surface area contributed by atoms with E-state index in [-0.39, 0.29) is 37.7 Å². The van der Waals surface area contributed by atoms with Gasteiger partial charge in [-0.05, 0) is 48.7 Å². The highest BCUT2D eigenvalue weighted by atomic mass is 35.5. The van der Waals surface area contributed by atoms with E-state index < -0.39 is 16.1 Å². The van der Waals surface area contributed by atoms with Crippen LogP contribution >= 0.6 is 11.6 Å². The summed E-state index contributed by atoms with van der Waals surface area (Å²) in [5, 5.41) is 3.44. The lowest BCUT2D eigenvalue weighted by Crippen LogP contribution is -2.50. The molecule has 0 saturated heterocycles. The number of anilines is 1. The number of rotatable bonds is 13. The molecule has 1 N–H and O–H groups in total. The quantitative estimate of drug-likeness (QED) is 0.306. The Morgan fingerprint density at radius 2 is 1.64 bits per heavy atom. The molecule has 1 aliphatic rings. The van der Waals surface area contributed by atoms with E-state index in [1.165, 1.54) is 4.31 Å². The normalized spacial score (nSPS) is 13.2. The largest absolute Gasteiger partial charge is 0.486 e. The molecule has 11 heteroatoms. The summed E-state index contributed by atoms with van der Waals surface area (Å²) >= 11 is 6.08. The number of carbonyl (C=O) groups is 2. The molecule has 0 fully saturated rings. The van der Waals surface area contributed by atoms with Crippen LogP contribution in [0.5, 0.6) is 11.5 Å². The Labute approximate surface area is 252 Å². The van der Waals surface area contributed by atoms with Crippen molar-refractivity contribution in [2.24, 2.45) is 0 Å². The number of nitrogens with one attached hydrogen (secondary N) is 1. The Morgan fingerprint density at radius 1 is 0.952 bits per heavy atom. The van der Waals surface area contributed by atoms with Gasteiger partial charge in [0, 0.05) is 43.6 Å². The molecule has 0 aromatic heterocycles. The Morgan fingerprint density at radius 3 is 2.31 bits per heavy atom. The molecule has 3 aromatic rings. The second kappa shape index (κ2) is 14.4. The van der Waals surface area contributed by atoms with Crippen molar-refractivity contribution in [3.05, 3.63) is 88.9 Å². The van der Waals surface area contributed by atoms with Crippen LogP contribution in [0.4, 0.5) is 5.69 Å². The fraction of sp³-hybridized carbons (Fsp3) is 0.355. The predicted octanol–water partition coefficient (Wildman–Crippen LogP) is 4.43. The van der Waals surface area contributed by atoms with Gasteiger partial charge in [0.2, 0.25) is 21.8 Å². The number of benzene rings is 3. The molecule has 1 heterocycles. The lowest BCUT2D eigenvalue weighted by molar-refractivity contribution is -0.141.